The molecule has 0 bridgehead atoms. The van der Waals surface area contributed by atoms with Crippen molar-refractivity contribution in [3.63, 3.8) is 0 Å². The van der Waals surface area contributed by atoms with Gasteiger partial charge in [0.15, 0.2) is 0 Å². The number of aromatic nitrogens is 2. The van der Waals surface area contributed by atoms with Crippen LogP contribution in [0.5, 0.6) is 0 Å². The number of thiazole rings is 1. The van der Waals surface area contributed by atoms with E-state index in [1.165, 1.54) is 10.3 Å². The van der Waals surface area contributed by atoms with Gasteiger partial charge in [-0.25, -0.2) is 4.98 Å². The molecular formula is C13H11N3S. The molecular weight excluding hydrogens is 230 g/mol. The summed E-state index contributed by atoms with van der Waals surface area (Å²) in [6, 6.07) is 8.19. The Balaban J connectivity index is 2.18. The molecule has 0 saturated carbocycles. The van der Waals surface area contributed by atoms with Crippen LogP contribution in [0, 0.1) is 6.92 Å². The Labute approximate surface area is 103 Å². The fraction of sp³-hybridized carbons (Fsp3) is 0.0769. The molecule has 84 valence electrons. The highest BCUT2D eigenvalue weighted by molar-refractivity contribution is 7.21. The Morgan fingerprint density at radius 3 is 2.88 bits per heavy atom. The largest absolute Gasteiger partial charge is 0.397 e. The van der Waals surface area contributed by atoms with Crippen LogP contribution in [-0.2, 0) is 0 Å². The molecule has 3 aromatic rings. The number of aryl methyl sites for hydroxylation is 1. The molecule has 2 aromatic heterocycles. The van der Waals surface area contributed by atoms with E-state index in [9.17, 15) is 0 Å². The number of fused-ring (bicyclic) bond motifs is 1. The van der Waals surface area contributed by atoms with Crippen LogP contribution in [0.15, 0.2) is 36.7 Å². The zero-order chi connectivity index (χ0) is 11.8. The number of hydrogen-bond acceptors (Lipinski definition) is 4. The minimum absolute atomic E-state index is 0.665. The van der Waals surface area contributed by atoms with Crippen molar-refractivity contribution in [2.75, 3.05) is 5.73 Å². The predicted octanol–water partition coefficient (Wildman–Crippen LogP) is 3.25. The Bertz CT molecular complexity index is 688. The SMILES string of the molecule is Cc1ccc2sc(-c3cncc(N)c3)nc2c1. The third-order valence-electron chi connectivity index (χ3n) is 2.55. The molecule has 0 spiro atoms. The van der Waals surface area contributed by atoms with Gasteiger partial charge in [0.05, 0.1) is 15.9 Å². The number of nitrogen functional groups attached to an aromatic ring is 1. The summed E-state index contributed by atoms with van der Waals surface area (Å²) in [6.45, 7) is 2.07. The maximum atomic E-state index is 5.73. The zero-order valence-electron chi connectivity index (χ0n) is 9.34. The third kappa shape index (κ3) is 1.87. The molecule has 17 heavy (non-hydrogen) atoms. The number of nitrogens with zero attached hydrogens (tertiary/aromatic N) is 2. The average Bonchev–Trinajstić information content (AvgIpc) is 2.72. The number of benzene rings is 1. The van der Waals surface area contributed by atoms with Gasteiger partial charge in [-0.2, -0.15) is 0 Å². The maximum absolute atomic E-state index is 5.73. The molecule has 0 radical (unpaired) electrons. The maximum Gasteiger partial charge on any atom is 0.126 e. The van der Waals surface area contributed by atoms with Crippen LogP contribution >= 0.6 is 11.3 Å². The summed E-state index contributed by atoms with van der Waals surface area (Å²) in [5.74, 6) is 0. The van der Waals surface area contributed by atoms with Gasteiger partial charge < -0.3 is 5.73 Å². The zero-order valence-corrected chi connectivity index (χ0v) is 10.2. The van der Waals surface area contributed by atoms with E-state index in [-0.39, 0.29) is 0 Å². The molecule has 3 nitrogen and oxygen atoms in total. The second-order valence-electron chi connectivity index (χ2n) is 4.00. The number of hydrogen-bond donors (Lipinski definition) is 1. The minimum atomic E-state index is 0.665. The summed E-state index contributed by atoms with van der Waals surface area (Å²) in [5, 5.41) is 0.963. The van der Waals surface area contributed by atoms with Crippen molar-refractivity contribution in [1.82, 2.24) is 9.97 Å². The lowest BCUT2D eigenvalue weighted by Gasteiger charge is -1.95. The molecule has 4 heteroatoms. The van der Waals surface area contributed by atoms with Crippen molar-refractivity contribution >= 4 is 27.2 Å². The standard InChI is InChI=1S/C13H11N3S/c1-8-2-3-12-11(4-8)16-13(17-12)9-5-10(14)7-15-6-9/h2-7H,14H2,1H3. The van der Waals surface area contributed by atoms with Crippen molar-refractivity contribution in [3.05, 3.63) is 42.2 Å². The highest BCUT2D eigenvalue weighted by Crippen LogP contribution is 2.30. The van der Waals surface area contributed by atoms with Crippen LogP contribution in [0.2, 0.25) is 0 Å². The van der Waals surface area contributed by atoms with Gasteiger partial charge in [0.1, 0.15) is 5.01 Å². The second-order valence-corrected chi connectivity index (χ2v) is 5.03. The monoisotopic (exact) mass is 241 g/mol. The highest BCUT2D eigenvalue weighted by Gasteiger charge is 2.06. The number of anilines is 1. The molecule has 2 N–H and O–H groups in total. The molecule has 0 saturated heterocycles. The fourth-order valence-electron chi connectivity index (χ4n) is 1.74. The summed E-state index contributed by atoms with van der Waals surface area (Å²) in [4.78, 5) is 8.70. The van der Waals surface area contributed by atoms with Crippen LogP contribution in [0.1, 0.15) is 5.56 Å². The van der Waals surface area contributed by atoms with Crippen LogP contribution in [-0.4, -0.2) is 9.97 Å². The minimum Gasteiger partial charge on any atom is -0.397 e. The Kier molecular flexibility index (Phi) is 2.30. The molecule has 0 aliphatic rings. The summed E-state index contributed by atoms with van der Waals surface area (Å²) in [5.41, 5.74) is 9.63. The van der Waals surface area contributed by atoms with Gasteiger partial charge in [-0.15, -0.1) is 11.3 Å². The summed E-state index contributed by atoms with van der Waals surface area (Å²) < 4.78 is 1.19. The Morgan fingerprint density at radius 2 is 2.06 bits per heavy atom. The van der Waals surface area contributed by atoms with E-state index < -0.39 is 0 Å². The van der Waals surface area contributed by atoms with E-state index >= 15 is 0 Å². The summed E-state index contributed by atoms with van der Waals surface area (Å²) in [7, 11) is 0. The van der Waals surface area contributed by atoms with E-state index in [1.54, 1.807) is 23.7 Å². The van der Waals surface area contributed by atoms with E-state index in [2.05, 4.69) is 35.1 Å². The van der Waals surface area contributed by atoms with Gasteiger partial charge in [-0.1, -0.05) is 6.07 Å². The Morgan fingerprint density at radius 1 is 1.18 bits per heavy atom. The van der Waals surface area contributed by atoms with Crippen molar-refractivity contribution in [2.45, 2.75) is 6.92 Å². The molecule has 0 aliphatic heterocycles. The van der Waals surface area contributed by atoms with Crippen molar-refractivity contribution in [3.8, 4) is 10.6 Å². The van der Waals surface area contributed by atoms with Crippen LogP contribution in [0.25, 0.3) is 20.8 Å². The summed E-state index contributed by atoms with van der Waals surface area (Å²) in [6.07, 6.45) is 3.43. The molecule has 1 aromatic carbocycles. The molecule has 0 atom stereocenters. The quantitative estimate of drug-likeness (QED) is 0.711. The molecule has 2 heterocycles. The van der Waals surface area contributed by atoms with E-state index in [0.717, 1.165) is 16.1 Å². The molecule has 3 rings (SSSR count). The van der Waals surface area contributed by atoms with Gasteiger partial charge >= 0.3 is 0 Å². The van der Waals surface area contributed by atoms with E-state index in [1.807, 2.05) is 6.07 Å². The third-order valence-corrected chi connectivity index (χ3v) is 3.63. The summed E-state index contributed by atoms with van der Waals surface area (Å²) >= 11 is 1.66. The van der Waals surface area contributed by atoms with E-state index in [4.69, 9.17) is 5.73 Å². The number of rotatable bonds is 1. The molecule has 0 aliphatic carbocycles. The second kappa shape index (κ2) is 3.82. The lowest BCUT2D eigenvalue weighted by Crippen LogP contribution is -1.86. The lowest BCUT2D eigenvalue weighted by atomic mass is 10.2. The van der Waals surface area contributed by atoms with Crippen molar-refractivity contribution in [2.24, 2.45) is 0 Å². The van der Waals surface area contributed by atoms with Gasteiger partial charge in [-0.05, 0) is 30.7 Å². The van der Waals surface area contributed by atoms with Crippen LogP contribution in [0.3, 0.4) is 0 Å². The number of nitrogens with two attached hydrogens (primary N) is 1. The van der Waals surface area contributed by atoms with Crippen LogP contribution in [0.4, 0.5) is 5.69 Å². The van der Waals surface area contributed by atoms with Gasteiger partial charge in [0.25, 0.3) is 0 Å². The van der Waals surface area contributed by atoms with Gasteiger partial charge in [0, 0.05) is 18.0 Å². The van der Waals surface area contributed by atoms with Crippen molar-refractivity contribution in [1.29, 1.82) is 0 Å². The molecule has 0 fully saturated rings. The molecule has 0 amide bonds. The fourth-order valence-corrected chi connectivity index (χ4v) is 2.66. The first-order chi connectivity index (χ1) is 8.22. The smallest absolute Gasteiger partial charge is 0.126 e. The average molecular weight is 241 g/mol. The Hall–Kier alpha value is -1.94. The first-order valence-electron chi connectivity index (χ1n) is 5.30. The van der Waals surface area contributed by atoms with Gasteiger partial charge in [-0.3, -0.25) is 4.98 Å². The normalized spacial score (nSPS) is 10.9. The first-order valence-corrected chi connectivity index (χ1v) is 6.12. The van der Waals surface area contributed by atoms with Gasteiger partial charge in [0.2, 0.25) is 0 Å². The van der Waals surface area contributed by atoms with E-state index in [0.29, 0.717) is 5.69 Å². The highest BCUT2D eigenvalue weighted by atomic mass is 32.1. The lowest BCUT2D eigenvalue weighted by molar-refractivity contribution is 1.32. The predicted molar refractivity (Wildman–Crippen MR) is 72.0 cm³/mol. The van der Waals surface area contributed by atoms with Crippen LogP contribution < -0.4 is 5.73 Å². The topological polar surface area (TPSA) is 51.8 Å². The first kappa shape index (κ1) is 10.2. The number of pyridine rings is 1. The molecule has 0 unspecified atom stereocenters. The van der Waals surface area contributed by atoms with Crippen molar-refractivity contribution < 1.29 is 0 Å².